The van der Waals surface area contributed by atoms with Crippen LogP contribution in [0.4, 0.5) is 4.79 Å². The number of aromatic hydroxyl groups is 1. The van der Waals surface area contributed by atoms with Crippen molar-refractivity contribution in [1.29, 1.82) is 0 Å². The van der Waals surface area contributed by atoms with Crippen LogP contribution in [-0.2, 0) is 27.4 Å². The molecule has 0 saturated carbocycles. The van der Waals surface area contributed by atoms with Gasteiger partial charge in [0.05, 0.1) is 24.9 Å². The van der Waals surface area contributed by atoms with Crippen LogP contribution < -0.4 is 5.32 Å². The van der Waals surface area contributed by atoms with Gasteiger partial charge in [0.25, 0.3) is 0 Å². The SMILES string of the molecule is C=CCOC(=O)NCc1ccccc1-c1ccc([C@@H]2O[C@H](CN(C)C[C@@H](O)c3cccc(O)c3)C[C@H](c3ccc(CO)cc3)O2)cc1. The number of ether oxygens (including phenoxy) is 3. The van der Waals surface area contributed by atoms with Crippen molar-refractivity contribution in [2.24, 2.45) is 0 Å². The van der Waals surface area contributed by atoms with Crippen LogP contribution in [0.15, 0.2) is 110 Å². The quantitative estimate of drug-likeness (QED) is 0.128. The van der Waals surface area contributed by atoms with E-state index in [0.29, 0.717) is 31.6 Å². The molecule has 0 spiro atoms. The molecule has 0 bridgehead atoms. The number of phenols is 1. The summed E-state index contributed by atoms with van der Waals surface area (Å²) in [6.45, 7) is 4.90. The second-order valence-corrected chi connectivity index (χ2v) is 11.7. The number of likely N-dealkylation sites (N-methyl/N-ethyl adjacent to an activating group) is 1. The van der Waals surface area contributed by atoms with Crippen molar-refractivity contribution in [2.45, 2.75) is 44.2 Å². The topological polar surface area (TPSA) is 121 Å². The van der Waals surface area contributed by atoms with E-state index >= 15 is 0 Å². The van der Waals surface area contributed by atoms with E-state index in [1.165, 1.54) is 6.08 Å². The number of aliphatic hydroxyl groups is 2. The van der Waals surface area contributed by atoms with Gasteiger partial charge in [-0.05, 0) is 52.6 Å². The number of nitrogens with one attached hydrogen (secondary N) is 1. The highest BCUT2D eigenvalue weighted by Gasteiger charge is 2.33. The normalized spacial score (nSPS) is 18.4. The lowest BCUT2D eigenvalue weighted by Gasteiger charge is -2.38. The molecule has 0 unspecified atom stereocenters. The minimum Gasteiger partial charge on any atom is -0.508 e. The van der Waals surface area contributed by atoms with E-state index in [2.05, 4.69) is 11.9 Å². The van der Waals surface area contributed by atoms with Crippen LogP contribution in [0.2, 0.25) is 0 Å². The van der Waals surface area contributed by atoms with Gasteiger partial charge in [0.1, 0.15) is 12.4 Å². The summed E-state index contributed by atoms with van der Waals surface area (Å²) in [6, 6.07) is 30.3. The molecule has 1 fully saturated rings. The Labute approximate surface area is 275 Å². The van der Waals surface area contributed by atoms with Gasteiger partial charge in [0, 0.05) is 31.6 Å². The molecule has 0 aromatic heterocycles. The average molecular weight is 639 g/mol. The molecule has 1 aliphatic heterocycles. The molecule has 0 aliphatic carbocycles. The standard InChI is InChI=1S/C38H42N2O7/c1-3-19-45-38(44)39-22-31-7-4-5-10-34(31)27-15-17-29(18-16-27)37-46-33(21-36(47-37)28-13-11-26(25-41)12-14-28)23-40(2)24-35(43)30-8-6-9-32(42)20-30/h3-18,20,33,35-37,41-43H,1,19,21-25H2,2H3,(H,39,44)/t33-,35+,36+,37+/m0/s1. The third kappa shape index (κ3) is 9.28. The van der Waals surface area contributed by atoms with E-state index in [4.69, 9.17) is 14.2 Å². The molecule has 4 aromatic carbocycles. The number of benzene rings is 4. The summed E-state index contributed by atoms with van der Waals surface area (Å²) in [4.78, 5) is 14.0. The molecule has 1 aliphatic rings. The maximum absolute atomic E-state index is 12.0. The number of carbonyl (C=O) groups excluding carboxylic acids is 1. The molecule has 9 nitrogen and oxygen atoms in total. The van der Waals surface area contributed by atoms with Crippen LogP contribution in [0.1, 0.15) is 52.7 Å². The van der Waals surface area contributed by atoms with Crippen LogP contribution in [-0.4, -0.2) is 59.2 Å². The molecule has 4 N–H and O–H groups in total. The minimum atomic E-state index is -0.770. The average Bonchev–Trinajstić information content (AvgIpc) is 3.10. The van der Waals surface area contributed by atoms with E-state index < -0.39 is 18.5 Å². The highest BCUT2D eigenvalue weighted by Crippen LogP contribution is 2.39. The maximum atomic E-state index is 12.0. The molecule has 0 radical (unpaired) electrons. The van der Waals surface area contributed by atoms with Gasteiger partial charge in [-0.3, -0.25) is 0 Å². The Hall–Kier alpha value is -4.51. The lowest BCUT2D eigenvalue weighted by molar-refractivity contribution is -0.252. The number of rotatable bonds is 13. The zero-order chi connectivity index (χ0) is 33.2. The lowest BCUT2D eigenvalue weighted by Crippen LogP contribution is -2.39. The van der Waals surface area contributed by atoms with Gasteiger partial charge >= 0.3 is 6.09 Å². The molecule has 5 rings (SSSR count). The van der Waals surface area contributed by atoms with Crippen molar-refractivity contribution >= 4 is 6.09 Å². The van der Waals surface area contributed by atoms with Crippen LogP contribution in [0.25, 0.3) is 11.1 Å². The fourth-order valence-corrected chi connectivity index (χ4v) is 5.72. The Morgan fingerprint density at radius 1 is 1.02 bits per heavy atom. The van der Waals surface area contributed by atoms with Crippen molar-refractivity contribution in [2.75, 3.05) is 26.7 Å². The summed E-state index contributed by atoms with van der Waals surface area (Å²) in [5, 5.41) is 33.0. The fourth-order valence-electron chi connectivity index (χ4n) is 5.72. The van der Waals surface area contributed by atoms with Crippen molar-refractivity contribution in [1.82, 2.24) is 10.2 Å². The molecule has 1 saturated heterocycles. The first-order valence-electron chi connectivity index (χ1n) is 15.7. The highest BCUT2D eigenvalue weighted by atomic mass is 16.7. The lowest BCUT2D eigenvalue weighted by atomic mass is 9.97. The van der Waals surface area contributed by atoms with E-state index in [0.717, 1.165) is 33.4 Å². The minimum absolute atomic E-state index is 0.0303. The van der Waals surface area contributed by atoms with Gasteiger partial charge < -0.3 is 39.7 Å². The Morgan fingerprint density at radius 3 is 2.49 bits per heavy atom. The predicted molar refractivity (Wildman–Crippen MR) is 179 cm³/mol. The largest absolute Gasteiger partial charge is 0.508 e. The molecule has 9 heteroatoms. The number of hydrogen-bond donors (Lipinski definition) is 4. The van der Waals surface area contributed by atoms with Gasteiger partial charge in [-0.2, -0.15) is 0 Å². The Bertz CT molecular complexity index is 1610. The third-order valence-electron chi connectivity index (χ3n) is 8.14. The summed E-state index contributed by atoms with van der Waals surface area (Å²) < 4.78 is 18.1. The monoisotopic (exact) mass is 638 g/mol. The summed E-state index contributed by atoms with van der Waals surface area (Å²) in [6.07, 6.45) is -0.230. The van der Waals surface area contributed by atoms with Gasteiger partial charge in [0.2, 0.25) is 0 Å². The maximum Gasteiger partial charge on any atom is 0.407 e. The molecule has 1 heterocycles. The number of nitrogens with zero attached hydrogens (tertiary/aromatic N) is 1. The van der Waals surface area contributed by atoms with Crippen LogP contribution in [0, 0.1) is 0 Å². The first-order chi connectivity index (χ1) is 22.8. The van der Waals surface area contributed by atoms with E-state index in [1.54, 1.807) is 24.3 Å². The number of alkyl carbamates (subject to hydrolysis) is 1. The van der Waals surface area contributed by atoms with Crippen molar-refractivity contribution in [3.63, 3.8) is 0 Å². The second kappa shape index (κ2) is 16.4. The van der Waals surface area contributed by atoms with Crippen molar-refractivity contribution in [3.05, 3.63) is 138 Å². The van der Waals surface area contributed by atoms with Crippen molar-refractivity contribution < 1.29 is 34.3 Å². The van der Waals surface area contributed by atoms with E-state index in [-0.39, 0.29) is 31.2 Å². The first-order valence-corrected chi connectivity index (χ1v) is 15.7. The molecule has 47 heavy (non-hydrogen) atoms. The Kier molecular flexibility index (Phi) is 11.8. The zero-order valence-electron chi connectivity index (χ0n) is 26.5. The first kappa shape index (κ1) is 33.8. The number of aliphatic hydroxyl groups excluding tert-OH is 2. The number of amides is 1. The number of phenolic OH excluding ortho intramolecular Hbond substituents is 1. The molecular weight excluding hydrogens is 596 g/mol. The van der Waals surface area contributed by atoms with E-state index in [1.807, 2.05) is 84.7 Å². The fraction of sp³-hybridized carbons (Fsp3) is 0.289. The molecule has 246 valence electrons. The van der Waals surface area contributed by atoms with Gasteiger partial charge in [-0.25, -0.2) is 4.79 Å². The summed E-state index contributed by atoms with van der Waals surface area (Å²) in [5.41, 5.74) is 6.25. The smallest absolute Gasteiger partial charge is 0.407 e. The van der Waals surface area contributed by atoms with Gasteiger partial charge in [0.15, 0.2) is 6.29 Å². The summed E-state index contributed by atoms with van der Waals surface area (Å²) in [7, 11) is 1.94. The molecular formula is C38H42N2O7. The molecule has 4 atom stereocenters. The highest BCUT2D eigenvalue weighted by molar-refractivity contribution is 5.70. The van der Waals surface area contributed by atoms with Gasteiger partial charge in [-0.15, -0.1) is 0 Å². The Balaban J connectivity index is 1.31. The van der Waals surface area contributed by atoms with E-state index in [9.17, 15) is 20.1 Å². The number of hydrogen-bond acceptors (Lipinski definition) is 8. The Morgan fingerprint density at radius 2 is 1.77 bits per heavy atom. The van der Waals surface area contributed by atoms with Crippen molar-refractivity contribution in [3.8, 4) is 16.9 Å². The zero-order valence-corrected chi connectivity index (χ0v) is 26.5. The van der Waals surface area contributed by atoms with Crippen LogP contribution in [0.5, 0.6) is 5.75 Å². The number of carbonyl (C=O) groups is 1. The molecule has 4 aromatic rings. The third-order valence-corrected chi connectivity index (χ3v) is 8.14. The summed E-state index contributed by atoms with van der Waals surface area (Å²) >= 11 is 0. The molecule has 1 amide bonds. The predicted octanol–water partition coefficient (Wildman–Crippen LogP) is 6.17. The van der Waals surface area contributed by atoms with Crippen LogP contribution >= 0.6 is 0 Å². The van der Waals surface area contributed by atoms with Crippen LogP contribution in [0.3, 0.4) is 0 Å². The van der Waals surface area contributed by atoms with Gasteiger partial charge in [-0.1, -0.05) is 97.6 Å². The summed E-state index contributed by atoms with van der Waals surface area (Å²) in [5.74, 6) is 0.116. The second-order valence-electron chi connectivity index (χ2n) is 11.7.